The van der Waals surface area contributed by atoms with Gasteiger partial charge in [-0.2, -0.15) is 0 Å². The number of aliphatic imine (C=N–C) groups is 1. The lowest BCUT2D eigenvalue weighted by Gasteiger charge is -2.15. The summed E-state index contributed by atoms with van der Waals surface area (Å²) in [4.78, 5) is 29.9. The van der Waals surface area contributed by atoms with Crippen LogP contribution in [0.1, 0.15) is 16.7 Å². The van der Waals surface area contributed by atoms with Crippen LogP contribution < -0.4 is 25.8 Å². The first kappa shape index (κ1) is 27.7. The van der Waals surface area contributed by atoms with Gasteiger partial charge in [-0.15, -0.1) is 0 Å². The average Bonchev–Trinajstić information content (AvgIpc) is 2.89. The molecule has 8 nitrogen and oxygen atoms in total. The number of carbonyl (C=O) groups excluding carboxylic acids is 2. The number of nitrogens with two attached hydrogens (primary N) is 1. The first-order valence-corrected chi connectivity index (χ1v) is 12.2. The SMILES string of the molecule is COc1ccc(CC(=O)NC(N)=NC(Cc2ccccc2)C(=O)NCc2ccc(F)c(OC)c2)c(Br)c1. The standard InChI is InChI=1S/C27H28BrFN4O4/c1-36-20-10-9-19(21(28)15-20)14-25(34)33-27(30)32-23(12-17-6-4-3-5-7-17)26(35)31-16-18-8-11-22(29)24(13-18)37-2/h3-11,13,15,23H,12,14,16H2,1-2H3,(H,31,35)(H3,30,32,33,34). The zero-order valence-corrected chi connectivity index (χ0v) is 22.0. The molecule has 194 valence electrons. The molecule has 4 N–H and O–H groups in total. The van der Waals surface area contributed by atoms with Crippen LogP contribution in [0.2, 0.25) is 0 Å². The Bertz CT molecular complexity index is 1270. The predicted molar refractivity (Wildman–Crippen MR) is 143 cm³/mol. The summed E-state index contributed by atoms with van der Waals surface area (Å²) in [6.07, 6.45) is 0.308. The molecule has 0 heterocycles. The van der Waals surface area contributed by atoms with Crippen molar-refractivity contribution >= 4 is 33.7 Å². The number of amides is 2. The van der Waals surface area contributed by atoms with Crippen LogP contribution in [0.25, 0.3) is 0 Å². The molecule has 1 atom stereocenters. The first-order valence-electron chi connectivity index (χ1n) is 11.4. The Morgan fingerprint density at radius 1 is 1.03 bits per heavy atom. The maximum Gasteiger partial charge on any atom is 0.245 e. The number of benzene rings is 3. The highest BCUT2D eigenvalue weighted by Crippen LogP contribution is 2.23. The van der Waals surface area contributed by atoms with Gasteiger partial charge in [-0.05, 0) is 41.0 Å². The Kier molecular flexibility index (Phi) is 10.0. The van der Waals surface area contributed by atoms with Gasteiger partial charge in [-0.25, -0.2) is 9.38 Å². The molecule has 0 aromatic heterocycles. The summed E-state index contributed by atoms with van der Waals surface area (Å²) in [5, 5.41) is 5.35. The number of halogens is 2. The fraction of sp³-hybridized carbons (Fsp3) is 0.222. The van der Waals surface area contributed by atoms with E-state index in [0.29, 0.717) is 11.3 Å². The molecule has 3 rings (SSSR count). The molecule has 1 unspecified atom stereocenters. The van der Waals surface area contributed by atoms with Crippen LogP contribution in [0.4, 0.5) is 4.39 Å². The second-order valence-corrected chi connectivity index (χ2v) is 8.94. The van der Waals surface area contributed by atoms with Crippen molar-refractivity contribution in [2.75, 3.05) is 14.2 Å². The van der Waals surface area contributed by atoms with Crippen LogP contribution in [0.5, 0.6) is 11.5 Å². The first-order chi connectivity index (χ1) is 17.8. The third-order valence-corrected chi connectivity index (χ3v) is 6.17. The molecule has 0 saturated heterocycles. The van der Waals surface area contributed by atoms with E-state index in [1.54, 1.807) is 31.4 Å². The maximum absolute atomic E-state index is 13.7. The minimum atomic E-state index is -0.905. The van der Waals surface area contributed by atoms with Crippen LogP contribution in [0.3, 0.4) is 0 Å². The van der Waals surface area contributed by atoms with Crippen molar-refractivity contribution in [2.45, 2.75) is 25.4 Å². The molecule has 0 radical (unpaired) electrons. The van der Waals surface area contributed by atoms with Crippen molar-refractivity contribution in [3.63, 3.8) is 0 Å². The van der Waals surface area contributed by atoms with Gasteiger partial charge >= 0.3 is 0 Å². The van der Waals surface area contributed by atoms with E-state index in [4.69, 9.17) is 15.2 Å². The molecule has 0 fully saturated rings. The Morgan fingerprint density at radius 3 is 2.46 bits per heavy atom. The number of nitrogens with zero attached hydrogens (tertiary/aromatic N) is 1. The number of rotatable bonds is 10. The van der Waals surface area contributed by atoms with Gasteiger partial charge in [0.15, 0.2) is 17.5 Å². The normalized spacial score (nSPS) is 11.9. The number of guanidine groups is 1. The minimum Gasteiger partial charge on any atom is -0.497 e. The van der Waals surface area contributed by atoms with Crippen LogP contribution in [-0.4, -0.2) is 38.0 Å². The van der Waals surface area contributed by atoms with Gasteiger partial charge in [0.2, 0.25) is 11.8 Å². The Balaban J connectivity index is 1.70. The lowest BCUT2D eigenvalue weighted by molar-refractivity contribution is -0.122. The van der Waals surface area contributed by atoms with Gasteiger partial charge < -0.3 is 20.5 Å². The van der Waals surface area contributed by atoms with Gasteiger partial charge in [0.1, 0.15) is 11.8 Å². The fourth-order valence-corrected chi connectivity index (χ4v) is 4.01. The molecule has 37 heavy (non-hydrogen) atoms. The molecule has 10 heteroatoms. The summed E-state index contributed by atoms with van der Waals surface area (Å²) in [6, 6.07) is 18.0. The third-order valence-electron chi connectivity index (χ3n) is 5.43. The average molecular weight is 571 g/mol. The molecular weight excluding hydrogens is 543 g/mol. The monoisotopic (exact) mass is 570 g/mol. The quantitative estimate of drug-likeness (QED) is 0.255. The number of hydrogen-bond acceptors (Lipinski definition) is 5. The molecule has 2 amide bonds. The third kappa shape index (κ3) is 8.32. The van der Waals surface area contributed by atoms with Gasteiger partial charge in [-0.1, -0.05) is 58.4 Å². The fourth-order valence-electron chi connectivity index (χ4n) is 3.51. The molecule has 0 aliphatic carbocycles. The van der Waals surface area contributed by atoms with Gasteiger partial charge in [-0.3, -0.25) is 14.9 Å². The molecule has 0 saturated carbocycles. The van der Waals surface area contributed by atoms with Crippen molar-refractivity contribution in [2.24, 2.45) is 10.7 Å². The highest BCUT2D eigenvalue weighted by molar-refractivity contribution is 9.10. The minimum absolute atomic E-state index is 0.0444. The number of hydrogen-bond donors (Lipinski definition) is 3. The summed E-state index contributed by atoms with van der Waals surface area (Å²) in [6.45, 7) is 0.133. The molecule has 3 aromatic rings. The Hall–Kier alpha value is -3.92. The summed E-state index contributed by atoms with van der Waals surface area (Å²) >= 11 is 3.43. The second kappa shape index (κ2) is 13.4. The highest BCUT2D eigenvalue weighted by atomic mass is 79.9. The summed E-state index contributed by atoms with van der Waals surface area (Å²) < 4.78 is 24.6. The Labute approximate surface area is 223 Å². The number of nitrogens with one attached hydrogen (secondary N) is 2. The molecule has 0 spiro atoms. The van der Waals surface area contributed by atoms with Crippen LogP contribution in [-0.2, 0) is 29.0 Å². The van der Waals surface area contributed by atoms with E-state index in [1.165, 1.54) is 19.2 Å². The largest absolute Gasteiger partial charge is 0.497 e. The zero-order chi connectivity index (χ0) is 26.8. The van der Waals surface area contributed by atoms with Crippen LogP contribution >= 0.6 is 15.9 Å². The Morgan fingerprint density at radius 2 is 1.78 bits per heavy atom. The lowest BCUT2D eigenvalue weighted by Crippen LogP contribution is -2.42. The second-order valence-electron chi connectivity index (χ2n) is 8.09. The van der Waals surface area contributed by atoms with Crippen LogP contribution in [0.15, 0.2) is 76.2 Å². The van der Waals surface area contributed by atoms with Gasteiger partial charge in [0, 0.05) is 17.4 Å². The van der Waals surface area contributed by atoms with E-state index in [1.807, 2.05) is 30.3 Å². The maximum atomic E-state index is 13.7. The summed E-state index contributed by atoms with van der Waals surface area (Å²) in [5.74, 6) is -0.706. The topological polar surface area (TPSA) is 115 Å². The van der Waals surface area contributed by atoms with Crippen molar-refractivity contribution in [3.05, 3.63) is 93.7 Å². The van der Waals surface area contributed by atoms with Gasteiger partial charge in [0.25, 0.3) is 0 Å². The predicted octanol–water partition coefficient (Wildman–Crippen LogP) is 3.51. The molecule has 0 aliphatic rings. The number of carbonyl (C=O) groups is 2. The van der Waals surface area contributed by atoms with E-state index in [2.05, 4.69) is 31.6 Å². The molecule has 3 aromatic carbocycles. The molecule has 0 bridgehead atoms. The van der Waals surface area contributed by atoms with Gasteiger partial charge in [0.05, 0.1) is 20.6 Å². The molecule has 0 aliphatic heterocycles. The van der Waals surface area contributed by atoms with Crippen molar-refractivity contribution in [3.8, 4) is 11.5 Å². The van der Waals surface area contributed by atoms with E-state index in [-0.39, 0.29) is 37.0 Å². The van der Waals surface area contributed by atoms with Crippen molar-refractivity contribution in [1.82, 2.24) is 10.6 Å². The summed E-state index contributed by atoms with van der Waals surface area (Å²) in [5.41, 5.74) is 8.27. The number of ether oxygens (including phenoxy) is 2. The smallest absolute Gasteiger partial charge is 0.245 e. The zero-order valence-electron chi connectivity index (χ0n) is 20.5. The summed E-state index contributed by atoms with van der Waals surface area (Å²) in [7, 11) is 2.93. The number of methoxy groups -OCH3 is 2. The van der Waals surface area contributed by atoms with E-state index in [9.17, 15) is 14.0 Å². The van der Waals surface area contributed by atoms with Crippen molar-refractivity contribution in [1.29, 1.82) is 0 Å². The van der Waals surface area contributed by atoms with E-state index >= 15 is 0 Å². The van der Waals surface area contributed by atoms with Crippen molar-refractivity contribution < 1.29 is 23.5 Å². The van der Waals surface area contributed by atoms with E-state index < -0.39 is 17.8 Å². The van der Waals surface area contributed by atoms with E-state index in [0.717, 1.165) is 15.6 Å². The van der Waals surface area contributed by atoms with Crippen LogP contribution in [0, 0.1) is 5.82 Å². The molecular formula is C27H28BrFN4O4. The lowest BCUT2D eigenvalue weighted by atomic mass is 10.1. The highest BCUT2D eigenvalue weighted by Gasteiger charge is 2.20.